The van der Waals surface area contributed by atoms with Crippen LogP contribution in [0.15, 0.2) is 59.5 Å². The Morgan fingerprint density at radius 2 is 1.82 bits per heavy atom. The van der Waals surface area contributed by atoms with Crippen LogP contribution in [0.1, 0.15) is 36.8 Å². The highest BCUT2D eigenvalue weighted by Gasteiger charge is 2.35. The third kappa shape index (κ3) is 5.35. The Hall–Kier alpha value is -2.68. The molecule has 2 aromatic carbocycles. The standard InChI is InChI=1S/C26H32N2O5S/c1-32-23-11-9-21(19-24(23)34(30,31)28-15-17-33-18-16-28)10-12-25(29)27-20-26(13-5-6-14-26)22-7-3-2-4-8-22/h2-4,7-12,19H,5-6,13-18,20H2,1H3,(H,27,29). The number of hydrogen-bond donors (Lipinski definition) is 1. The zero-order valence-electron chi connectivity index (χ0n) is 19.5. The molecule has 2 fully saturated rings. The summed E-state index contributed by atoms with van der Waals surface area (Å²) in [7, 11) is -2.29. The Bertz CT molecular complexity index is 1120. The van der Waals surface area contributed by atoms with E-state index in [9.17, 15) is 13.2 Å². The average molecular weight is 485 g/mol. The molecular weight excluding hydrogens is 452 g/mol. The van der Waals surface area contributed by atoms with Crippen LogP contribution >= 0.6 is 0 Å². The first kappa shape index (κ1) is 24.4. The van der Waals surface area contributed by atoms with Gasteiger partial charge in [0.15, 0.2) is 0 Å². The lowest BCUT2D eigenvalue weighted by atomic mass is 9.79. The summed E-state index contributed by atoms with van der Waals surface area (Å²) in [6.45, 7) is 1.92. The molecule has 1 saturated heterocycles. The van der Waals surface area contributed by atoms with Crippen molar-refractivity contribution in [3.05, 3.63) is 65.7 Å². The second-order valence-corrected chi connectivity index (χ2v) is 10.7. The Labute approximate surface area is 201 Å². The number of hydrogen-bond acceptors (Lipinski definition) is 5. The molecule has 1 N–H and O–H groups in total. The van der Waals surface area contributed by atoms with Gasteiger partial charge in [0.1, 0.15) is 10.6 Å². The van der Waals surface area contributed by atoms with E-state index in [1.54, 1.807) is 24.3 Å². The van der Waals surface area contributed by atoms with Gasteiger partial charge in [-0.05, 0) is 42.2 Å². The minimum absolute atomic E-state index is 0.0235. The molecule has 0 aromatic heterocycles. The molecule has 0 bridgehead atoms. The number of morpholine rings is 1. The number of carbonyl (C=O) groups is 1. The topological polar surface area (TPSA) is 84.9 Å². The second-order valence-electron chi connectivity index (χ2n) is 8.83. The van der Waals surface area contributed by atoms with Gasteiger partial charge in [-0.2, -0.15) is 4.31 Å². The lowest BCUT2D eigenvalue weighted by molar-refractivity contribution is -0.116. The minimum atomic E-state index is -3.73. The molecule has 8 heteroatoms. The van der Waals surface area contributed by atoms with Crippen molar-refractivity contribution in [1.82, 2.24) is 9.62 Å². The van der Waals surface area contributed by atoms with E-state index < -0.39 is 10.0 Å². The van der Waals surface area contributed by atoms with Gasteiger partial charge in [0.25, 0.3) is 0 Å². The molecule has 0 spiro atoms. The van der Waals surface area contributed by atoms with Crippen molar-refractivity contribution >= 4 is 22.0 Å². The fourth-order valence-electron chi connectivity index (χ4n) is 4.82. The lowest BCUT2D eigenvalue weighted by Crippen LogP contribution is -2.40. The predicted molar refractivity (Wildman–Crippen MR) is 131 cm³/mol. The van der Waals surface area contributed by atoms with Gasteiger partial charge in [-0.3, -0.25) is 4.79 Å². The number of amides is 1. The van der Waals surface area contributed by atoms with Crippen molar-refractivity contribution in [2.75, 3.05) is 40.0 Å². The van der Waals surface area contributed by atoms with Crippen molar-refractivity contribution in [3.63, 3.8) is 0 Å². The van der Waals surface area contributed by atoms with Gasteiger partial charge in [-0.15, -0.1) is 0 Å². The van der Waals surface area contributed by atoms with E-state index in [-0.39, 0.29) is 22.0 Å². The van der Waals surface area contributed by atoms with Gasteiger partial charge < -0.3 is 14.8 Å². The van der Waals surface area contributed by atoms with E-state index in [0.717, 1.165) is 25.7 Å². The summed E-state index contributed by atoms with van der Waals surface area (Å²) in [6.07, 6.45) is 7.53. The molecule has 4 rings (SSSR count). The summed E-state index contributed by atoms with van der Waals surface area (Å²) in [4.78, 5) is 12.7. The van der Waals surface area contributed by atoms with Crippen molar-refractivity contribution in [2.24, 2.45) is 0 Å². The first-order valence-electron chi connectivity index (χ1n) is 11.7. The second kappa shape index (κ2) is 10.7. The summed E-state index contributed by atoms with van der Waals surface area (Å²) >= 11 is 0. The molecule has 1 aliphatic carbocycles. The van der Waals surface area contributed by atoms with E-state index >= 15 is 0 Å². The number of methoxy groups -OCH3 is 1. The number of rotatable bonds is 8. The molecular formula is C26H32N2O5S. The quantitative estimate of drug-likeness (QED) is 0.581. The summed E-state index contributed by atoms with van der Waals surface area (Å²) < 4.78 is 38.3. The molecule has 1 heterocycles. The van der Waals surface area contributed by atoms with Crippen LogP contribution in [0, 0.1) is 0 Å². The van der Waals surface area contributed by atoms with Crippen LogP contribution in [-0.4, -0.2) is 58.6 Å². The number of sulfonamides is 1. The SMILES string of the molecule is COc1ccc(C=CC(=O)NCC2(c3ccccc3)CCCC2)cc1S(=O)(=O)N1CCOCC1. The van der Waals surface area contributed by atoms with Gasteiger partial charge in [0.2, 0.25) is 15.9 Å². The highest BCUT2D eigenvalue weighted by Crippen LogP contribution is 2.40. The number of nitrogens with zero attached hydrogens (tertiary/aromatic N) is 1. The Balaban J connectivity index is 1.47. The number of ether oxygens (including phenoxy) is 2. The van der Waals surface area contributed by atoms with Crippen molar-refractivity contribution in [2.45, 2.75) is 36.0 Å². The minimum Gasteiger partial charge on any atom is -0.495 e. The van der Waals surface area contributed by atoms with Crippen LogP contribution in [0.5, 0.6) is 5.75 Å². The Morgan fingerprint density at radius 1 is 1.12 bits per heavy atom. The van der Waals surface area contributed by atoms with E-state index in [4.69, 9.17) is 9.47 Å². The molecule has 34 heavy (non-hydrogen) atoms. The van der Waals surface area contributed by atoms with Gasteiger partial charge in [0, 0.05) is 31.1 Å². The average Bonchev–Trinajstić information content (AvgIpc) is 3.37. The molecule has 7 nitrogen and oxygen atoms in total. The molecule has 182 valence electrons. The van der Waals surface area contributed by atoms with Crippen LogP contribution in [0.2, 0.25) is 0 Å². The highest BCUT2D eigenvalue weighted by molar-refractivity contribution is 7.89. The van der Waals surface area contributed by atoms with E-state index in [1.807, 2.05) is 18.2 Å². The lowest BCUT2D eigenvalue weighted by Gasteiger charge is -2.29. The summed E-state index contributed by atoms with van der Waals surface area (Å²) in [6, 6.07) is 15.3. The van der Waals surface area contributed by atoms with Gasteiger partial charge in [-0.1, -0.05) is 49.2 Å². The number of carbonyl (C=O) groups excluding carboxylic acids is 1. The zero-order chi connectivity index (χ0) is 24.0. The summed E-state index contributed by atoms with van der Waals surface area (Å²) in [5.74, 6) is 0.0785. The van der Waals surface area contributed by atoms with Crippen LogP contribution in [0.4, 0.5) is 0 Å². The van der Waals surface area contributed by atoms with E-state index in [1.165, 1.54) is 23.1 Å². The molecule has 2 aromatic rings. The van der Waals surface area contributed by atoms with E-state index in [2.05, 4.69) is 17.4 Å². The van der Waals surface area contributed by atoms with Crippen LogP contribution < -0.4 is 10.1 Å². The number of nitrogens with one attached hydrogen (secondary N) is 1. The van der Waals surface area contributed by atoms with E-state index in [0.29, 0.717) is 38.4 Å². The maximum Gasteiger partial charge on any atom is 0.246 e. The van der Waals surface area contributed by atoms with Crippen molar-refractivity contribution in [1.29, 1.82) is 0 Å². The third-order valence-corrected chi connectivity index (χ3v) is 8.67. The molecule has 1 aliphatic heterocycles. The number of benzene rings is 2. The maximum atomic E-state index is 13.2. The fraction of sp³-hybridized carbons (Fsp3) is 0.423. The molecule has 1 saturated carbocycles. The van der Waals surface area contributed by atoms with Crippen LogP contribution in [-0.2, 0) is 25.0 Å². The zero-order valence-corrected chi connectivity index (χ0v) is 20.4. The summed E-state index contributed by atoms with van der Waals surface area (Å²) in [5.41, 5.74) is 1.86. The molecule has 1 amide bonds. The normalized spacial score (nSPS) is 18.7. The van der Waals surface area contributed by atoms with Gasteiger partial charge in [-0.25, -0.2) is 8.42 Å². The third-order valence-electron chi connectivity index (χ3n) is 6.75. The van der Waals surface area contributed by atoms with Crippen LogP contribution in [0.25, 0.3) is 6.08 Å². The highest BCUT2D eigenvalue weighted by atomic mass is 32.2. The van der Waals surface area contributed by atoms with Gasteiger partial charge >= 0.3 is 0 Å². The largest absolute Gasteiger partial charge is 0.495 e. The first-order valence-corrected chi connectivity index (χ1v) is 13.2. The maximum absolute atomic E-state index is 13.2. The molecule has 0 unspecified atom stereocenters. The molecule has 0 radical (unpaired) electrons. The van der Waals surface area contributed by atoms with Gasteiger partial charge in [0.05, 0.1) is 20.3 Å². The first-order chi connectivity index (χ1) is 16.4. The monoisotopic (exact) mass is 484 g/mol. The molecule has 0 atom stereocenters. The Morgan fingerprint density at radius 3 is 2.50 bits per heavy atom. The smallest absolute Gasteiger partial charge is 0.246 e. The Kier molecular flexibility index (Phi) is 7.70. The fourth-order valence-corrected chi connectivity index (χ4v) is 6.42. The van der Waals surface area contributed by atoms with Crippen molar-refractivity contribution < 1.29 is 22.7 Å². The predicted octanol–water partition coefficient (Wildman–Crippen LogP) is 3.36. The van der Waals surface area contributed by atoms with Crippen molar-refractivity contribution in [3.8, 4) is 5.75 Å². The molecule has 2 aliphatic rings. The summed E-state index contributed by atoms with van der Waals surface area (Å²) in [5, 5.41) is 3.06. The van der Waals surface area contributed by atoms with Crippen LogP contribution in [0.3, 0.4) is 0 Å².